The number of halogens is 1. The van der Waals surface area contributed by atoms with Crippen molar-refractivity contribution >= 4 is 51.5 Å². The average molecular weight is 503 g/mol. The Balaban J connectivity index is 1.32. The molecule has 0 unspecified atom stereocenters. The molecule has 4 aromatic rings. The lowest BCUT2D eigenvalue weighted by atomic mass is 10.1. The highest BCUT2D eigenvalue weighted by Gasteiger charge is 2.35. The van der Waals surface area contributed by atoms with E-state index in [2.05, 4.69) is 10.6 Å². The summed E-state index contributed by atoms with van der Waals surface area (Å²) in [5.74, 6) is 0.586. The van der Waals surface area contributed by atoms with Crippen LogP contribution in [0, 0.1) is 0 Å². The maximum Gasteiger partial charge on any atom is 0.293 e. The predicted molar refractivity (Wildman–Crippen MR) is 141 cm³/mol. The zero-order chi connectivity index (χ0) is 24.2. The van der Waals surface area contributed by atoms with Gasteiger partial charge in [0.25, 0.3) is 11.1 Å². The van der Waals surface area contributed by atoms with Gasteiger partial charge in [-0.2, -0.15) is 0 Å². The number of hydrogen-bond donors (Lipinski definition) is 0. The summed E-state index contributed by atoms with van der Waals surface area (Å²) in [5, 5.41) is 1.39. The van der Waals surface area contributed by atoms with Crippen molar-refractivity contribution in [2.45, 2.75) is 19.5 Å². The minimum Gasteiger partial charge on any atom is -0.494 e. The Bertz CT molecular complexity index is 1400. The van der Waals surface area contributed by atoms with E-state index < -0.39 is 0 Å². The summed E-state index contributed by atoms with van der Waals surface area (Å²) in [6.45, 7) is 1.61. The van der Waals surface area contributed by atoms with Gasteiger partial charge < -0.3 is 9.30 Å². The Labute approximate surface area is 212 Å². The summed E-state index contributed by atoms with van der Waals surface area (Å²) >= 11 is 6.93. The van der Waals surface area contributed by atoms with E-state index in [1.54, 1.807) is 12.1 Å². The minimum absolute atomic E-state index is 0.225. The highest BCUT2D eigenvalue weighted by Crippen LogP contribution is 2.35. The summed E-state index contributed by atoms with van der Waals surface area (Å²) in [6, 6.07) is 25.0. The lowest BCUT2D eigenvalue weighted by Crippen LogP contribution is -2.27. The van der Waals surface area contributed by atoms with E-state index in [4.69, 9.17) is 16.3 Å². The summed E-state index contributed by atoms with van der Waals surface area (Å²) in [6.07, 6.45) is 4.71. The number of aromatic nitrogens is 1. The van der Waals surface area contributed by atoms with Gasteiger partial charge in [0.2, 0.25) is 0 Å². The molecular weight excluding hydrogens is 480 g/mol. The molecule has 2 heterocycles. The van der Waals surface area contributed by atoms with Gasteiger partial charge in [-0.15, -0.1) is 0 Å². The number of fused-ring (bicyclic) bond motifs is 1. The number of benzene rings is 3. The van der Waals surface area contributed by atoms with Gasteiger partial charge in [0.05, 0.1) is 18.1 Å². The van der Waals surface area contributed by atoms with Crippen LogP contribution in [-0.4, -0.2) is 27.2 Å². The lowest BCUT2D eigenvalue weighted by Gasteiger charge is -2.12. The maximum atomic E-state index is 13.0. The number of nitrogens with zero attached hydrogens (tertiary/aromatic N) is 2. The van der Waals surface area contributed by atoms with Gasteiger partial charge in [-0.3, -0.25) is 14.5 Å². The Kier molecular flexibility index (Phi) is 6.93. The van der Waals surface area contributed by atoms with Crippen LogP contribution in [0.5, 0.6) is 5.75 Å². The first kappa shape index (κ1) is 23.3. The molecule has 1 fully saturated rings. The van der Waals surface area contributed by atoms with Crippen molar-refractivity contribution in [3.63, 3.8) is 0 Å². The Morgan fingerprint density at radius 2 is 1.66 bits per heavy atom. The van der Waals surface area contributed by atoms with E-state index in [-0.39, 0.29) is 17.7 Å². The predicted octanol–water partition coefficient (Wildman–Crippen LogP) is 7.00. The molecule has 5 nitrogen and oxygen atoms in total. The molecule has 0 saturated carbocycles. The van der Waals surface area contributed by atoms with Crippen molar-refractivity contribution in [2.24, 2.45) is 0 Å². The normalized spacial score (nSPS) is 14.9. The van der Waals surface area contributed by atoms with E-state index in [0.29, 0.717) is 16.5 Å². The second kappa shape index (κ2) is 10.4. The van der Waals surface area contributed by atoms with Gasteiger partial charge in [-0.25, -0.2) is 0 Å². The third kappa shape index (κ3) is 5.29. The van der Waals surface area contributed by atoms with E-state index in [0.717, 1.165) is 52.5 Å². The molecule has 176 valence electrons. The zero-order valence-electron chi connectivity index (χ0n) is 18.9. The minimum atomic E-state index is -0.275. The standard InChI is InChI=1S/C28H23ClN2O3S/c29-22-13-11-20(12-14-22)18-31-27(32)26(35-28(31)33)17-21-19-30(25-10-5-4-9-24(21)25)15-6-16-34-23-7-2-1-3-8-23/h1-5,7-14,17,19H,6,15-16,18H2/b26-17-. The van der Waals surface area contributed by atoms with Crippen LogP contribution in [0.15, 0.2) is 90.0 Å². The quantitative estimate of drug-likeness (QED) is 0.192. The number of imide groups is 1. The molecular formula is C28H23ClN2O3S. The number of thioether (sulfide) groups is 1. The number of para-hydroxylation sites is 2. The molecule has 2 amide bonds. The SMILES string of the molecule is O=C1S/C(=C\c2cn(CCCOc3ccccc3)c3ccccc23)C(=O)N1Cc1ccc(Cl)cc1. The van der Waals surface area contributed by atoms with E-state index in [9.17, 15) is 9.59 Å². The number of hydrogen-bond acceptors (Lipinski definition) is 4. The molecule has 0 aliphatic carbocycles. The summed E-state index contributed by atoms with van der Waals surface area (Å²) in [7, 11) is 0. The largest absolute Gasteiger partial charge is 0.494 e. The topological polar surface area (TPSA) is 51.5 Å². The Hall–Kier alpha value is -3.48. The molecule has 0 spiro atoms. The van der Waals surface area contributed by atoms with E-state index >= 15 is 0 Å². The average Bonchev–Trinajstić information content (AvgIpc) is 3.36. The van der Waals surface area contributed by atoms with Crippen molar-refractivity contribution in [1.82, 2.24) is 9.47 Å². The summed E-state index contributed by atoms with van der Waals surface area (Å²) in [5.41, 5.74) is 2.85. The fourth-order valence-corrected chi connectivity index (χ4v) is 5.02. The van der Waals surface area contributed by atoms with Crippen molar-refractivity contribution in [3.05, 3.63) is 106 Å². The second-order valence-electron chi connectivity index (χ2n) is 8.20. The fraction of sp³-hybridized carbons (Fsp3) is 0.143. The van der Waals surface area contributed by atoms with Crippen LogP contribution >= 0.6 is 23.4 Å². The smallest absolute Gasteiger partial charge is 0.293 e. The number of rotatable bonds is 8. The van der Waals surface area contributed by atoms with Crippen molar-refractivity contribution < 1.29 is 14.3 Å². The van der Waals surface area contributed by atoms with Crippen LogP contribution in [-0.2, 0) is 17.9 Å². The zero-order valence-corrected chi connectivity index (χ0v) is 20.5. The molecule has 0 radical (unpaired) electrons. The third-order valence-electron chi connectivity index (χ3n) is 5.79. The molecule has 1 aromatic heterocycles. The van der Waals surface area contributed by atoms with Crippen molar-refractivity contribution in [3.8, 4) is 5.75 Å². The first-order chi connectivity index (χ1) is 17.1. The highest BCUT2D eigenvalue weighted by molar-refractivity contribution is 8.18. The van der Waals surface area contributed by atoms with Gasteiger partial charge in [-0.05, 0) is 60.2 Å². The maximum absolute atomic E-state index is 13.0. The van der Waals surface area contributed by atoms with Gasteiger partial charge in [-0.1, -0.05) is 60.1 Å². The highest BCUT2D eigenvalue weighted by atomic mass is 35.5. The summed E-state index contributed by atoms with van der Waals surface area (Å²) < 4.78 is 8.00. The van der Waals surface area contributed by atoms with Crippen molar-refractivity contribution in [1.29, 1.82) is 0 Å². The van der Waals surface area contributed by atoms with Crippen LogP contribution in [0.1, 0.15) is 17.5 Å². The molecule has 35 heavy (non-hydrogen) atoms. The number of amides is 2. The van der Waals surface area contributed by atoms with Gasteiger partial charge >= 0.3 is 0 Å². The van der Waals surface area contributed by atoms with Crippen molar-refractivity contribution in [2.75, 3.05) is 6.61 Å². The van der Waals surface area contributed by atoms with Crippen LogP contribution in [0.2, 0.25) is 5.02 Å². The molecule has 0 N–H and O–H groups in total. The van der Waals surface area contributed by atoms with Gasteiger partial charge in [0, 0.05) is 34.2 Å². The monoisotopic (exact) mass is 502 g/mol. The Morgan fingerprint density at radius 1 is 0.914 bits per heavy atom. The number of ether oxygens (including phenoxy) is 1. The van der Waals surface area contributed by atoms with Crippen LogP contribution in [0.25, 0.3) is 17.0 Å². The molecule has 7 heteroatoms. The molecule has 0 atom stereocenters. The first-order valence-electron chi connectivity index (χ1n) is 11.3. The van der Waals surface area contributed by atoms with E-state index in [1.165, 1.54) is 4.90 Å². The van der Waals surface area contributed by atoms with Gasteiger partial charge in [0.15, 0.2) is 0 Å². The van der Waals surface area contributed by atoms with Gasteiger partial charge in [0.1, 0.15) is 5.75 Å². The molecule has 1 aliphatic heterocycles. The fourth-order valence-electron chi connectivity index (χ4n) is 4.07. The Morgan fingerprint density at radius 3 is 2.46 bits per heavy atom. The van der Waals surface area contributed by atoms with Crippen LogP contribution in [0.3, 0.4) is 0 Å². The molecule has 5 rings (SSSR count). The molecule has 1 saturated heterocycles. The van der Waals surface area contributed by atoms with Crippen LogP contribution < -0.4 is 4.74 Å². The molecule has 0 bridgehead atoms. The lowest BCUT2D eigenvalue weighted by molar-refractivity contribution is -0.123. The molecule has 1 aliphatic rings. The number of carbonyl (C=O) groups is 2. The molecule has 3 aromatic carbocycles. The first-order valence-corrected chi connectivity index (χ1v) is 12.5. The summed E-state index contributed by atoms with van der Waals surface area (Å²) in [4.78, 5) is 27.4. The number of aryl methyl sites for hydroxylation is 1. The third-order valence-corrected chi connectivity index (χ3v) is 6.95. The van der Waals surface area contributed by atoms with Crippen LogP contribution in [0.4, 0.5) is 4.79 Å². The van der Waals surface area contributed by atoms with E-state index in [1.807, 2.05) is 72.9 Å². The second-order valence-corrected chi connectivity index (χ2v) is 9.63. The number of carbonyl (C=O) groups excluding carboxylic acids is 2.